The van der Waals surface area contributed by atoms with Crippen LogP contribution in [0, 0.1) is 0 Å². The second kappa shape index (κ2) is 8.19. The van der Waals surface area contributed by atoms with Gasteiger partial charge in [0.1, 0.15) is 0 Å². The number of nitrogens with zero attached hydrogens (tertiary/aromatic N) is 3. The Labute approximate surface area is 121 Å². The molecule has 5 nitrogen and oxygen atoms in total. The Hall–Kier alpha value is -1.17. The number of pyridine rings is 1. The fraction of sp³-hybridized carbons (Fsp3) is 0.667. The van der Waals surface area contributed by atoms with Gasteiger partial charge in [-0.25, -0.2) is 4.98 Å². The predicted molar refractivity (Wildman–Crippen MR) is 80.8 cm³/mol. The summed E-state index contributed by atoms with van der Waals surface area (Å²) in [4.78, 5) is 9.47. The van der Waals surface area contributed by atoms with Crippen molar-refractivity contribution in [3.05, 3.63) is 23.9 Å². The number of ether oxygens (including phenoxy) is 1. The number of methoxy groups -OCH3 is 1. The lowest BCUT2D eigenvalue weighted by atomic mass is 10.2. The summed E-state index contributed by atoms with van der Waals surface area (Å²) in [5, 5.41) is 0. The Morgan fingerprint density at radius 3 is 2.60 bits per heavy atom. The fourth-order valence-corrected chi connectivity index (χ4v) is 2.54. The van der Waals surface area contributed by atoms with Gasteiger partial charge in [-0.1, -0.05) is 6.07 Å². The molecular weight excluding hydrogens is 252 g/mol. The van der Waals surface area contributed by atoms with Gasteiger partial charge in [0.05, 0.1) is 12.8 Å². The van der Waals surface area contributed by atoms with Crippen LogP contribution in [0.15, 0.2) is 18.2 Å². The molecule has 0 aromatic carbocycles. The largest absolute Gasteiger partial charge is 0.481 e. The van der Waals surface area contributed by atoms with Crippen molar-refractivity contribution in [1.29, 1.82) is 0 Å². The summed E-state index contributed by atoms with van der Waals surface area (Å²) in [7, 11) is 1.66. The maximum atomic E-state index is 5.53. The molecule has 0 amide bonds. The number of nitrogens with two attached hydrogens (primary N) is 1. The Kier molecular flexibility index (Phi) is 6.24. The summed E-state index contributed by atoms with van der Waals surface area (Å²) >= 11 is 0. The highest BCUT2D eigenvalue weighted by molar-refractivity contribution is 5.15. The van der Waals surface area contributed by atoms with Gasteiger partial charge in [-0.15, -0.1) is 0 Å². The molecule has 20 heavy (non-hydrogen) atoms. The first kappa shape index (κ1) is 15.2. The molecule has 0 bridgehead atoms. The van der Waals surface area contributed by atoms with Crippen LogP contribution in [-0.2, 0) is 6.54 Å². The van der Waals surface area contributed by atoms with Gasteiger partial charge in [-0.2, -0.15) is 0 Å². The highest BCUT2D eigenvalue weighted by Crippen LogP contribution is 2.11. The third kappa shape index (κ3) is 4.74. The number of unbranched alkanes of at least 4 members (excludes halogenated alkanes) is 1. The lowest BCUT2D eigenvalue weighted by Gasteiger charge is -2.34. The molecule has 1 aliphatic heterocycles. The van der Waals surface area contributed by atoms with E-state index in [0.29, 0.717) is 5.88 Å². The van der Waals surface area contributed by atoms with Crippen LogP contribution in [-0.4, -0.2) is 61.2 Å². The summed E-state index contributed by atoms with van der Waals surface area (Å²) < 4.78 is 5.17. The van der Waals surface area contributed by atoms with Gasteiger partial charge in [0.2, 0.25) is 5.88 Å². The average Bonchev–Trinajstić information content (AvgIpc) is 2.49. The third-order valence-electron chi connectivity index (χ3n) is 3.77. The summed E-state index contributed by atoms with van der Waals surface area (Å²) in [5.74, 6) is 0.697. The molecule has 1 aromatic heterocycles. The van der Waals surface area contributed by atoms with Gasteiger partial charge in [0, 0.05) is 38.8 Å². The van der Waals surface area contributed by atoms with Crippen LogP contribution in [0.1, 0.15) is 18.5 Å². The van der Waals surface area contributed by atoms with Gasteiger partial charge < -0.3 is 15.4 Å². The number of hydrogen-bond donors (Lipinski definition) is 1. The van der Waals surface area contributed by atoms with E-state index in [-0.39, 0.29) is 0 Å². The topological polar surface area (TPSA) is 54.6 Å². The summed E-state index contributed by atoms with van der Waals surface area (Å²) in [6.07, 6.45) is 2.35. The van der Waals surface area contributed by atoms with Gasteiger partial charge >= 0.3 is 0 Å². The summed E-state index contributed by atoms with van der Waals surface area (Å²) in [5.41, 5.74) is 6.62. The monoisotopic (exact) mass is 278 g/mol. The molecule has 1 fully saturated rings. The van der Waals surface area contributed by atoms with E-state index < -0.39 is 0 Å². The zero-order valence-corrected chi connectivity index (χ0v) is 12.4. The first-order chi connectivity index (χ1) is 9.81. The Balaban J connectivity index is 1.73. The van der Waals surface area contributed by atoms with E-state index in [4.69, 9.17) is 10.5 Å². The van der Waals surface area contributed by atoms with E-state index in [1.807, 2.05) is 12.1 Å². The molecule has 0 unspecified atom stereocenters. The normalized spacial score (nSPS) is 17.3. The summed E-state index contributed by atoms with van der Waals surface area (Å²) in [6.45, 7) is 7.42. The van der Waals surface area contributed by atoms with E-state index in [9.17, 15) is 0 Å². The van der Waals surface area contributed by atoms with Crippen molar-refractivity contribution in [2.45, 2.75) is 19.4 Å². The second-order valence-electron chi connectivity index (χ2n) is 5.28. The zero-order chi connectivity index (χ0) is 14.2. The minimum Gasteiger partial charge on any atom is -0.481 e. The van der Waals surface area contributed by atoms with Crippen LogP contribution in [0.25, 0.3) is 0 Å². The molecule has 1 saturated heterocycles. The number of aromatic nitrogens is 1. The van der Waals surface area contributed by atoms with Crippen LogP contribution in [0.2, 0.25) is 0 Å². The minimum absolute atomic E-state index is 0.697. The number of hydrogen-bond acceptors (Lipinski definition) is 5. The van der Waals surface area contributed by atoms with Crippen LogP contribution < -0.4 is 10.5 Å². The standard InChI is InChI=1S/C15H26N4O/c1-20-15-6-4-5-14(17-15)13-19-11-9-18(10-12-19)8-3-2-7-16/h4-6H,2-3,7-13,16H2,1H3. The lowest BCUT2D eigenvalue weighted by Crippen LogP contribution is -2.46. The van der Waals surface area contributed by atoms with Gasteiger partial charge in [-0.3, -0.25) is 4.90 Å². The van der Waals surface area contributed by atoms with Gasteiger partial charge in [-0.05, 0) is 32.0 Å². The molecule has 2 rings (SSSR count). The molecule has 1 aromatic rings. The van der Waals surface area contributed by atoms with Crippen LogP contribution in [0.3, 0.4) is 0 Å². The molecule has 0 atom stereocenters. The van der Waals surface area contributed by atoms with Crippen molar-refractivity contribution in [2.75, 3.05) is 46.4 Å². The Bertz CT molecular complexity index is 391. The molecule has 0 aliphatic carbocycles. The minimum atomic E-state index is 0.697. The van der Waals surface area contributed by atoms with Crippen molar-refractivity contribution in [1.82, 2.24) is 14.8 Å². The number of piperazine rings is 1. The maximum absolute atomic E-state index is 5.53. The van der Waals surface area contributed by atoms with E-state index >= 15 is 0 Å². The summed E-state index contributed by atoms with van der Waals surface area (Å²) in [6, 6.07) is 5.96. The first-order valence-corrected chi connectivity index (χ1v) is 7.46. The van der Waals surface area contributed by atoms with Crippen molar-refractivity contribution >= 4 is 0 Å². The molecule has 2 N–H and O–H groups in total. The van der Waals surface area contributed by atoms with Crippen molar-refractivity contribution in [3.8, 4) is 5.88 Å². The number of rotatable bonds is 7. The maximum Gasteiger partial charge on any atom is 0.213 e. The molecule has 112 valence electrons. The van der Waals surface area contributed by atoms with Crippen molar-refractivity contribution < 1.29 is 4.74 Å². The molecule has 0 spiro atoms. The predicted octanol–water partition coefficient (Wildman–Crippen LogP) is 0.947. The molecule has 1 aliphatic rings. The molecule has 2 heterocycles. The molecule has 5 heteroatoms. The Morgan fingerprint density at radius 1 is 1.15 bits per heavy atom. The van der Waals surface area contributed by atoms with Gasteiger partial charge in [0.15, 0.2) is 0 Å². The van der Waals surface area contributed by atoms with E-state index in [2.05, 4.69) is 20.9 Å². The van der Waals surface area contributed by atoms with E-state index in [1.54, 1.807) is 7.11 Å². The smallest absolute Gasteiger partial charge is 0.213 e. The highest BCUT2D eigenvalue weighted by atomic mass is 16.5. The quantitative estimate of drug-likeness (QED) is 0.753. The van der Waals surface area contributed by atoms with Crippen molar-refractivity contribution in [2.24, 2.45) is 5.73 Å². The fourth-order valence-electron chi connectivity index (χ4n) is 2.54. The van der Waals surface area contributed by atoms with Gasteiger partial charge in [0.25, 0.3) is 0 Å². The molecule has 0 radical (unpaired) electrons. The lowest BCUT2D eigenvalue weighted by molar-refractivity contribution is 0.124. The van der Waals surface area contributed by atoms with E-state index in [1.165, 1.54) is 13.0 Å². The first-order valence-electron chi connectivity index (χ1n) is 7.46. The zero-order valence-electron chi connectivity index (χ0n) is 12.4. The van der Waals surface area contributed by atoms with Crippen molar-refractivity contribution in [3.63, 3.8) is 0 Å². The average molecular weight is 278 g/mol. The molecular formula is C15H26N4O. The van der Waals surface area contributed by atoms with Crippen LogP contribution in [0.5, 0.6) is 5.88 Å². The van der Waals surface area contributed by atoms with Crippen LogP contribution in [0.4, 0.5) is 0 Å². The SMILES string of the molecule is COc1cccc(CN2CCN(CCCCN)CC2)n1. The van der Waals surface area contributed by atoms with E-state index in [0.717, 1.165) is 51.4 Å². The molecule has 0 saturated carbocycles. The highest BCUT2D eigenvalue weighted by Gasteiger charge is 2.16. The van der Waals surface area contributed by atoms with Crippen LogP contribution >= 0.6 is 0 Å². The third-order valence-corrected chi connectivity index (χ3v) is 3.77. The Morgan fingerprint density at radius 2 is 1.90 bits per heavy atom. The second-order valence-corrected chi connectivity index (χ2v) is 5.28.